The van der Waals surface area contributed by atoms with E-state index in [-0.39, 0.29) is 10.5 Å². The topological polar surface area (TPSA) is 0 Å². The molecule has 2 fully saturated rings. The van der Waals surface area contributed by atoms with Crippen molar-refractivity contribution in [2.45, 2.75) is 22.5 Å². The molecule has 0 aromatic rings. The third-order valence-electron chi connectivity index (χ3n) is 1.75. The van der Waals surface area contributed by atoms with Crippen molar-refractivity contribution in [1.29, 1.82) is 0 Å². The van der Waals surface area contributed by atoms with Gasteiger partial charge in [0.05, 0.1) is 0 Å². The monoisotopic (exact) mass is 294 g/mol. The van der Waals surface area contributed by atoms with E-state index in [1.54, 1.807) is 15.6 Å². The van der Waals surface area contributed by atoms with Gasteiger partial charge < -0.3 is 0 Å². The second kappa shape index (κ2) is 2.08. The maximum atomic E-state index is 2.54. The SMILES string of the molecule is CC12C[As][As](C1)[As]C2. The summed E-state index contributed by atoms with van der Waals surface area (Å²) in [5, 5.41) is 5.19. The zero-order valence-corrected chi connectivity index (χ0v) is 10.6. The molecule has 2 aliphatic heterocycles. The minimum atomic E-state index is 0.0747. The Morgan fingerprint density at radius 1 is 1.38 bits per heavy atom. The number of hydrogen-bond donors (Lipinski definition) is 0. The van der Waals surface area contributed by atoms with Gasteiger partial charge in [-0.15, -0.1) is 0 Å². The van der Waals surface area contributed by atoms with Crippen LogP contribution >= 0.6 is 0 Å². The summed E-state index contributed by atoms with van der Waals surface area (Å²) in [6.45, 7) is 2.54. The Labute approximate surface area is 65.4 Å². The van der Waals surface area contributed by atoms with Crippen molar-refractivity contribution < 1.29 is 0 Å². The van der Waals surface area contributed by atoms with E-state index >= 15 is 0 Å². The molecule has 0 aromatic carbocycles. The summed E-state index contributed by atoms with van der Waals surface area (Å²) in [6.07, 6.45) is 0. The van der Waals surface area contributed by atoms with E-state index in [2.05, 4.69) is 6.92 Å². The molecule has 2 saturated heterocycles. The molecule has 0 N–H and O–H groups in total. The van der Waals surface area contributed by atoms with Crippen molar-refractivity contribution in [2.24, 2.45) is 5.41 Å². The molecule has 0 spiro atoms. The first kappa shape index (κ1) is 6.39. The van der Waals surface area contributed by atoms with Crippen LogP contribution in [-0.2, 0) is 0 Å². The Morgan fingerprint density at radius 2 is 2.00 bits per heavy atom. The fourth-order valence-electron chi connectivity index (χ4n) is 1.14. The van der Waals surface area contributed by atoms with Crippen molar-refractivity contribution in [2.75, 3.05) is 0 Å². The quantitative estimate of drug-likeness (QED) is 0.579. The van der Waals surface area contributed by atoms with Crippen molar-refractivity contribution in [3.63, 3.8) is 0 Å². The third-order valence-corrected chi connectivity index (χ3v) is 36.7. The fourth-order valence-corrected chi connectivity index (χ4v) is 43.0. The number of fused-ring (bicyclic) bond motifs is 2. The molecule has 2 heterocycles. The molecular weight excluding hydrogens is 285 g/mol. The molecule has 2 bridgehead atoms. The average molecular weight is 294 g/mol. The standard InChI is InChI=1S/C5H9As3/c1-5-2-6-8(4-5)7-3-5/h2-4H2,1H3. The van der Waals surface area contributed by atoms with Crippen molar-refractivity contribution in [3.8, 4) is 0 Å². The van der Waals surface area contributed by atoms with Crippen molar-refractivity contribution in [1.82, 2.24) is 0 Å². The average Bonchev–Trinajstić information content (AvgIpc) is 2.21. The van der Waals surface area contributed by atoms with Crippen LogP contribution in [0.4, 0.5) is 0 Å². The van der Waals surface area contributed by atoms with E-state index in [0.29, 0.717) is 0 Å². The summed E-state index contributed by atoms with van der Waals surface area (Å²) in [5.74, 6) is 0. The van der Waals surface area contributed by atoms with Crippen molar-refractivity contribution in [3.05, 3.63) is 0 Å². The Morgan fingerprint density at radius 3 is 2.12 bits per heavy atom. The molecular formula is C5H9As3. The first-order chi connectivity index (χ1) is 3.79. The van der Waals surface area contributed by atoms with Crippen LogP contribution in [0.3, 0.4) is 0 Å². The molecule has 0 nitrogen and oxygen atoms in total. The second-order valence-electron chi connectivity index (χ2n) is 2.94. The van der Waals surface area contributed by atoms with E-state index in [1.165, 1.54) is 0 Å². The van der Waals surface area contributed by atoms with Gasteiger partial charge in [-0.2, -0.15) is 0 Å². The Bertz CT molecular complexity index is 104. The summed E-state index contributed by atoms with van der Waals surface area (Å²) in [5.41, 5.74) is 0.958. The van der Waals surface area contributed by atoms with Crippen LogP contribution in [0.1, 0.15) is 6.92 Å². The van der Waals surface area contributed by atoms with E-state index in [1.807, 2.05) is 0 Å². The molecule has 3 heteroatoms. The van der Waals surface area contributed by atoms with Gasteiger partial charge in [-0.1, -0.05) is 0 Å². The molecule has 2 rings (SSSR count). The summed E-state index contributed by atoms with van der Waals surface area (Å²) in [4.78, 5) is 0. The minimum absolute atomic E-state index is 0.0747. The first-order valence-electron chi connectivity index (χ1n) is 2.91. The normalized spacial score (nSPS) is 58.9. The molecule has 8 heavy (non-hydrogen) atoms. The van der Waals surface area contributed by atoms with E-state index in [9.17, 15) is 0 Å². The second-order valence-corrected chi connectivity index (χ2v) is 32.1. The summed E-state index contributed by atoms with van der Waals surface area (Å²) in [6, 6.07) is 0. The number of rotatable bonds is 0. The molecule has 0 aliphatic carbocycles. The molecule has 0 aromatic heterocycles. The van der Waals surface area contributed by atoms with Crippen LogP contribution < -0.4 is 0 Å². The molecule has 0 amide bonds. The van der Waals surface area contributed by atoms with Crippen LogP contribution in [0.5, 0.6) is 0 Å². The zero-order valence-electron chi connectivity index (χ0n) is 4.96. The van der Waals surface area contributed by atoms with Gasteiger partial charge in [0, 0.05) is 0 Å². The molecule has 0 saturated carbocycles. The van der Waals surface area contributed by atoms with E-state index in [0.717, 1.165) is 32.8 Å². The van der Waals surface area contributed by atoms with Crippen LogP contribution in [0.25, 0.3) is 0 Å². The van der Waals surface area contributed by atoms with Gasteiger partial charge in [-0.05, 0) is 0 Å². The van der Waals surface area contributed by atoms with E-state index < -0.39 is 0 Å². The first-order valence-corrected chi connectivity index (χ1v) is 17.3. The Hall–Kier alpha value is 1.68. The predicted molar refractivity (Wildman–Crippen MR) is 39.8 cm³/mol. The van der Waals surface area contributed by atoms with Gasteiger partial charge in [-0.3, -0.25) is 0 Å². The van der Waals surface area contributed by atoms with Gasteiger partial charge in [-0.25, -0.2) is 0 Å². The predicted octanol–water partition coefficient (Wildman–Crippen LogP) is 0.753. The van der Waals surface area contributed by atoms with Gasteiger partial charge >= 0.3 is 65.9 Å². The number of hydrogen-bond acceptors (Lipinski definition) is 0. The summed E-state index contributed by atoms with van der Waals surface area (Å²) in [7, 11) is 0.0747. The molecule has 2 radical (unpaired) electrons. The van der Waals surface area contributed by atoms with Gasteiger partial charge in [0.15, 0.2) is 0 Å². The van der Waals surface area contributed by atoms with Crippen LogP contribution in [0.15, 0.2) is 0 Å². The zero-order chi connectivity index (χ0) is 5.61. The Balaban J connectivity index is 2.19. The molecule has 44 valence electrons. The van der Waals surface area contributed by atoms with Gasteiger partial charge in [0.1, 0.15) is 0 Å². The summed E-state index contributed by atoms with van der Waals surface area (Å²) >= 11 is 1.98. The molecule has 2 aliphatic rings. The van der Waals surface area contributed by atoms with E-state index in [4.69, 9.17) is 0 Å². The maximum absolute atomic E-state index is 2.54. The third kappa shape index (κ3) is 0.981. The summed E-state index contributed by atoms with van der Waals surface area (Å²) < 4.78 is 0. The fraction of sp³-hybridized carbons (Fsp3) is 1.00. The van der Waals surface area contributed by atoms with Crippen LogP contribution in [-0.4, -0.2) is 37.9 Å². The molecule has 0 atom stereocenters. The Kier molecular flexibility index (Phi) is 1.66. The van der Waals surface area contributed by atoms with Crippen LogP contribution in [0.2, 0.25) is 15.6 Å². The van der Waals surface area contributed by atoms with Crippen molar-refractivity contribution >= 4 is 37.9 Å². The van der Waals surface area contributed by atoms with Gasteiger partial charge in [0.2, 0.25) is 0 Å². The van der Waals surface area contributed by atoms with Gasteiger partial charge in [0.25, 0.3) is 0 Å². The molecule has 0 unspecified atom stereocenters. The van der Waals surface area contributed by atoms with Crippen LogP contribution in [0, 0.1) is 5.41 Å².